The SMILES string of the molecule is [O-][PH2+]CCP(CCP)CC[PH2+][O-]. The first kappa shape index (κ1) is 13.6. The Morgan fingerprint density at radius 3 is 1.83 bits per heavy atom. The Morgan fingerprint density at radius 2 is 1.50 bits per heavy atom. The van der Waals surface area contributed by atoms with Crippen LogP contribution in [0.1, 0.15) is 0 Å². The van der Waals surface area contributed by atoms with Crippen molar-refractivity contribution in [2.45, 2.75) is 0 Å². The highest BCUT2D eigenvalue weighted by atomic mass is 31.1. The number of hydrogen-bond donors (Lipinski definition) is 0. The van der Waals surface area contributed by atoms with Crippen LogP contribution in [0.25, 0.3) is 0 Å². The second-order valence-corrected chi connectivity index (χ2v) is 7.62. The summed E-state index contributed by atoms with van der Waals surface area (Å²) in [5.41, 5.74) is 0. The second kappa shape index (κ2) is 10.7. The normalized spacial score (nSPS) is 15.2. The zero-order chi connectivity index (χ0) is 9.23. The molecule has 0 fully saturated rings. The van der Waals surface area contributed by atoms with E-state index in [0.29, 0.717) is 0 Å². The van der Waals surface area contributed by atoms with E-state index in [1.165, 1.54) is 6.16 Å². The maximum atomic E-state index is 10.3. The zero-order valence-corrected chi connectivity index (χ0v) is 11.6. The number of rotatable bonds is 8. The standard InChI is InChI=1S/C6H18O2P4/c7-10-2-5-12(4-1-9)6-3-11-8/h1-6,9-11H2. The van der Waals surface area contributed by atoms with Crippen LogP contribution in [0.2, 0.25) is 0 Å². The Labute approximate surface area is 82.0 Å². The minimum absolute atomic E-state index is 0.0483. The molecule has 3 unspecified atom stereocenters. The number of hydrogen-bond acceptors (Lipinski definition) is 2. The Hall–Kier alpha value is 1.64. The summed E-state index contributed by atoms with van der Waals surface area (Å²) in [5, 5.41) is 0. The van der Waals surface area contributed by atoms with Crippen LogP contribution in [0.3, 0.4) is 0 Å². The third-order valence-electron chi connectivity index (χ3n) is 1.57. The minimum atomic E-state index is -0.566. The Balaban J connectivity index is 3.40. The predicted octanol–water partition coefficient (Wildman–Crippen LogP) is -0.284. The third-order valence-corrected chi connectivity index (χ3v) is 7.04. The van der Waals surface area contributed by atoms with Crippen molar-refractivity contribution >= 4 is 34.8 Å². The summed E-state index contributed by atoms with van der Waals surface area (Å²) in [6.45, 7) is 0. The van der Waals surface area contributed by atoms with Crippen molar-refractivity contribution in [3.8, 4) is 0 Å². The van der Waals surface area contributed by atoms with Gasteiger partial charge in [0.2, 0.25) is 0 Å². The van der Waals surface area contributed by atoms with E-state index >= 15 is 0 Å². The molecule has 0 saturated carbocycles. The fourth-order valence-electron chi connectivity index (χ4n) is 0.989. The largest absolute Gasteiger partial charge is 0.683 e. The third kappa shape index (κ3) is 8.25. The van der Waals surface area contributed by atoms with E-state index in [-0.39, 0.29) is 7.92 Å². The fraction of sp³-hybridized carbons (Fsp3) is 1.00. The molecule has 0 bridgehead atoms. The van der Waals surface area contributed by atoms with Crippen molar-refractivity contribution in [1.82, 2.24) is 0 Å². The molecular formula is C6H18O2P4. The molecule has 0 N–H and O–H groups in total. The molecule has 0 aromatic rings. The molecule has 3 atom stereocenters. The first-order valence-electron chi connectivity index (χ1n) is 4.14. The van der Waals surface area contributed by atoms with Gasteiger partial charge in [-0.15, -0.1) is 9.24 Å². The minimum Gasteiger partial charge on any atom is -0.683 e. The van der Waals surface area contributed by atoms with E-state index < -0.39 is 17.6 Å². The van der Waals surface area contributed by atoms with E-state index in [2.05, 4.69) is 9.24 Å². The van der Waals surface area contributed by atoms with Gasteiger partial charge in [0.1, 0.15) is 0 Å². The molecule has 0 aliphatic heterocycles. The summed E-state index contributed by atoms with van der Waals surface area (Å²) < 4.78 is 0. The van der Waals surface area contributed by atoms with Gasteiger partial charge >= 0.3 is 0 Å². The van der Waals surface area contributed by atoms with Crippen molar-refractivity contribution in [2.75, 3.05) is 37.0 Å². The monoisotopic (exact) mass is 246 g/mol. The van der Waals surface area contributed by atoms with Gasteiger partial charge in [0.25, 0.3) is 0 Å². The highest BCUT2D eigenvalue weighted by molar-refractivity contribution is 7.59. The van der Waals surface area contributed by atoms with Crippen molar-refractivity contribution in [3.05, 3.63) is 0 Å². The van der Waals surface area contributed by atoms with E-state index in [1.54, 1.807) is 0 Å². The molecule has 0 aromatic heterocycles. The van der Waals surface area contributed by atoms with Crippen molar-refractivity contribution in [3.63, 3.8) is 0 Å². The maximum Gasteiger partial charge on any atom is 0.0532 e. The molecule has 0 aliphatic carbocycles. The van der Waals surface area contributed by atoms with Crippen LogP contribution in [0, 0.1) is 0 Å². The summed E-state index contributed by atoms with van der Waals surface area (Å²) >= 11 is 0. The van der Waals surface area contributed by atoms with Gasteiger partial charge in [-0.2, -0.15) is 0 Å². The zero-order valence-electron chi connectivity index (χ0n) is 7.24. The molecule has 0 aromatic carbocycles. The Kier molecular flexibility index (Phi) is 12.2. The van der Waals surface area contributed by atoms with E-state index in [1.807, 2.05) is 0 Å². The topological polar surface area (TPSA) is 46.1 Å². The smallest absolute Gasteiger partial charge is 0.0532 e. The van der Waals surface area contributed by atoms with Crippen molar-refractivity contribution in [1.29, 1.82) is 0 Å². The van der Waals surface area contributed by atoms with Crippen molar-refractivity contribution in [2.24, 2.45) is 0 Å². The summed E-state index contributed by atoms with van der Waals surface area (Å²) in [6, 6.07) is 0. The van der Waals surface area contributed by atoms with Crippen LogP contribution >= 0.6 is 34.8 Å². The molecular weight excluding hydrogens is 228 g/mol. The van der Waals surface area contributed by atoms with E-state index in [4.69, 9.17) is 0 Å². The molecule has 74 valence electrons. The van der Waals surface area contributed by atoms with Crippen LogP contribution < -0.4 is 9.79 Å². The first-order valence-corrected chi connectivity index (χ1v) is 9.43. The average Bonchev–Trinajstić information content (AvgIpc) is 2.10. The van der Waals surface area contributed by atoms with Gasteiger partial charge in [-0.25, -0.2) is 0 Å². The van der Waals surface area contributed by atoms with Crippen LogP contribution in [-0.4, -0.2) is 37.0 Å². The van der Waals surface area contributed by atoms with Gasteiger partial charge in [-0.05, 0) is 12.3 Å². The highest BCUT2D eigenvalue weighted by Gasteiger charge is 2.06. The Bertz CT molecular complexity index is 85.6. The van der Waals surface area contributed by atoms with Crippen LogP contribution in [-0.2, 0) is 0 Å². The summed E-state index contributed by atoms with van der Waals surface area (Å²) in [7, 11) is 1.64. The molecule has 0 aliphatic rings. The molecule has 0 amide bonds. The van der Waals surface area contributed by atoms with Gasteiger partial charge in [-0.3, -0.25) is 0 Å². The lowest BCUT2D eigenvalue weighted by Gasteiger charge is -2.14. The lowest BCUT2D eigenvalue weighted by atomic mass is 10.9. The lowest BCUT2D eigenvalue weighted by molar-refractivity contribution is -0.150. The van der Waals surface area contributed by atoms with E-state index in [0.717, 1.165) is 30.8 Å². The first-order chi connectivity index (χ1) is 5.85. The molecule has 0 spiro atoms. The molecule has 0 heterocycles. The average molecular weight is 246 g/mol. The molecule has 0 radical (unpaired) electrons. The maximum absolute atomic E-state index is 10.3. The lowest BCUT2D eigenvalue weighted by Crippen LogP contribution is -2.02. The fourth-order valence-corrected chi connectivity index (χ4v) is 6.88. The second-order valence-electron chi connectivity index (χ2n) is 2.54. The van der Waals surface area contributed by atoms with Gasteiger partial charge in [0.15, 0.2) is 0 Å². The predicted molar refractivity (Wildman–Crippen MR) is 65.3 cm³/mol. The van der Waals surface area contributed by atoms with Crippen LogP contribution in [0.4, 0.5) is 0 Å². The summed E-state index contributed by atoms with van der Waals surface area (Å²) in [4.78, 5) is 20.7. The van der Waals surface area contributed by atoms with Crippen molar-refractivity contribution < 1.29 is 9.79 Å². The van der Waals surface area contributed by atoms with E-state index in [9.17, 15) is 9.79 Å². The molecule has 0 rings (SSSR count). The Morgan fingerprint density at radius 1 is 1.00 bits per heavy atom. The quantitative estimate of drug-likeness (QED) is 0.553. The van der Waals surface area contributed by atoms with Gasteiger partial charge < -0.3 is 9.79 Å². The summed E-state index contributed by atoms with van der Waals surface area (Å²) in [5.74, 6) is 0. The molecule has 2 nitrogen and oxygen atoms in total. The van der Waals surface area contributed by atoms with Crippen LogP contribution in [0.15, 0.2) is 0 Å². The van der Waals surface area contributed by atoms with Gasteiger partial charge in [-0.1, -0.05) is 25.5 Å². The van der Waals surface area contributed by atoms with Crippen LogP contribution in [0.5, 0.6) is 0 Å². The van der Waals surface area contributed by atoms with Gasteiger partial charge in [0.05, 0.1) is 12.3 Å². The summed E-state index contributed by atoms with van der Waals surface area (Å²) in [6.07, 6.45) is 6.41. The highest BCUT2D eigenvalue weighted by Crippen LogP contribution is 2.36. The molecule has 0 saturated heterocycles. The molecule has 12 heavy (non-hydrogen) atoms. The molecule has 6 heteroatoms. The van der Waals surface area contributed by atoms with Gasteiger partial charge in [0, 0.05) is 12.3 Å².